The Kier molecular flexibility index (Phi) is 7.88. The molecule has 6 heteroatoms. The van der Waals surface area contributed by atoms with Crippen molar-refractivity contribution in [3.63, 3.8) is 0 Å². The molecule has 4 nitrogen and oxygen atoms in total. The zero-order valence-corrected chi connectivity index (χ0v) is 16.5. The number of benzene rings is 2. The van der Waals surface area contributed by atoms with Gasteiger partial charge in [-0.1, -0.05) is 55.3 Å². The Morgan fingerprint density at radius 1 is 1.23 bits per heavy atom. The summed E-state index contributed by atoms with van der Waals surface area (Å²) in [6, 6.07) is 15.3. The van der Waals surface area contributed by atoms with E-state index in [1.807, 2.05) is 6.07 Å². The van der Waals surface area contributed by atoms with Crippen molar-refractivity contribution >= 4 is 40.6 Å². The maximum Gasteiger partial charge on any atom is 0.337 e. The van der Waals surface area contributed by atoms with Gasteiger partial charge in [-0.25, -0.2) is 4.79 Å². The number of methoxy groups -OCH3 is 1. The summed E-state index contributed by atoms with van der Waals surface area (Å²) >= 11 is 11.6. The predicted octanol–water partition coefficient (Wildman–Crippen LogP) is 4.68. The topological polar surface area (TPSA) is 50.4 Å². The second-order valence-corrected chi connectivity index (χ2v) is 6.80. The summed E-state index contributed by atoms with van der Waals surface area (Å²) in [5, 5.41) is 7.25. The number of carbonyl (C=O) groups excluding carboxylic acids is 1. The molecule has 0 aliphatic rings. The van der Waals surface area contributed by atoms with Gasteiger partial charge in [-0.05, 0) is 48.3 Å². The Morgan fingerprint density at radius 3 is 2.62 bits per heavy atom. The predicted molar refractivity (Wildman–Crippen MR) is 111 cm³/mol. The fourth-order valence-corrected chi connectivity index (χ4v) is 2.94. The van der Waals surface area contributed by atoms with Crippen LogP contribution in [0.4, 0.5) is 5.69 Å². The molecule has 0 bridgehead atoms. The minimum Gasteiger partial charge on any atom is -0.465 e. The first kappa shape index (κ1) is 20.2. The van der Waals surface area contributed by atoms with Crippen LogP contribution >= 0.6 is 23.8 Å². The van der Waals surface area contributed by atoms with Gasteiger partial charge >= 0.3 is 5.97 Å². The van der Waals surface area contributed by atoms with Crippen LogP contribution in [0, 0.1) is 5.92 Å². The standard InChI is InChI=1S/C20H23ClN2O2S/c1-3-14(11-15-7-5-4-6-8-15)13-22-20(26)23-18-12-16(19(24)25-2)9-10-17(18)21/h4-10,12,14H,3,11,13H2,1-2H3,(H2,22,23,26)/t14-/m0/s1. The highest BCUT2D eigenvalue weighted by atomic mass is 35.5. The third-order valence-electron chi connectivity index (χ3n) is 4.13. The second kappa shape index (κ2) is 10.1. The van der Waals surface area contributed by atoms with Crippen molar-refractivity contribution in [2.75, 3.05) is 19.0 Å². The fraction of sp³-hybridized carbons (Fsp3) is 0.300. The minimum atomic E-state index is -0.419. The van der Waals surface area contributed by atoms with Gasteiger partial charge in [-0.15, -0.1) is 0 Å². The number of ether oxygens (including phenoxy) is 1. The van der Waals surface area contributed by atoms with Gasteiger partial charge in [0.25, 0.3) is 0 Å². The van der Waals surface area contributed by atoms with Crippen LogP contribution in [0.5, 0.6) is 0 Å². The second-order valence-electron chi connectivity index (χ2n) is 5.99. The van der Waals surface area contributed by atoms with Crippen molar-refractivity contribution in [1.29, 1.82) is 0 Å². The summed E-state index contributed by atoms with van der Waals surface area (Å²) < 4.78 is 4.73. The number of hydrogen-bond acceptors (Lipinski definition) is 3. The van der Waals surface area contributed by atoms with Gasteiger partial charge in [0.15, 0.2) is 5.11 Å². The van der Waals surface area contributed by atoms with E-state index in [4.69, 9.17) is 28.6 Å². The summed E-state index contributed by atoms with van der Waals surface area (Å²) in [5.74, 6) is 0.0477. The lowest BCUT2D eigenvalue weighted by atomic mass is 9.97. The molecule has 0 aliphatic carbocycles. The number of thiocarbonyl (C=S) groups is 1. The summed E-state index contributed by atoms with van der Waals surface area (Å²) in [4.78, 5) is 11.6. The maximum absolute atomic E-state index is 11.6. The third-order valence-corrected chi connectivity index (χ3v) is 4.71. The van der Waals surface area contributed by atoms with Crippen molar-refractivity contribution in [3.05, 3.63) is 64.7 Å². The zero-order chi connectivity index (χ0) is 18.9. The summed E-state index contributed by atoms with van der Waals surface area (Å²) in [5.41, 5.74) is 2.30. The van der Waals surface area contributed by atoms with Crippen LogP contribution in [0.3, 0.4) is 0 Å². The van der Waals surface area contributed by atoms with Crippen molar-refractivity contribution in [2.45, 2.75) is 19.8 Å². The average Bonchev–Trinajstić information content (AvgIpc) is 2.67. The molecule has 26 heavy (non-hydrogen) atoms. The summed E-state index contributed by atoms with van der Waals surface area (Å²) in [6.07, 6.45) is 2.04. The molecule has 2 N–H and O–H groups in total. The molecular formula is C20H23ClN2O2S. The number of halogens is 1. The summed E-state index contributed by atoms with van der Waals surface area (Å²) in [6.45, 7) is 2.92. The first-order valence-electron chi connectivity index (χ1n) is 8.50. The van der Waals surface area contributed by atoms with Gasteiger partial charge in [0.2, 0.25) is 0 Å². The van der Waals surface area contributed by atoms with Gasteiger partial charge in [-0.3, -0.25) is 0 Å². The Balaban J connectivity index is 1.92. The Bertz CT molecular complexity index is 753. The quantitative estimate of drug-likeness (QED) is 0.531. The van der Waals surface area contributed by atoms with E-state index in [9.17, 15) is 4.79 Å². The van der Waals surface area contributed by atoms with Crippen LogP contribution in [0.15, 0.2) is 48.5 Å². The molecular weight excluding hydrogens is 368 g/mol. The highest BCUT2D eigenvalue weighted by molar-refractivity contribution is 7.80. The van der Waals surface area contributed by atoms with Gasteiger partial charge < -0.3 is 15.4 Å². The molecule has 0 aromatic heterocycles. The normalized spacial score (nSPS) is 11.5. The lowest BCUT2D eigenvalue weighted by Crippen LogP contribution is -2.33. The van der Waals surface area contributed by atoms with E-state index in [2.05, 4.69) is 41.8 Å². The van der Waals surface area contributed by atoms with E-state index < -0.39 is 5.97 Å². The lowest BCUT2D eigenvalue weighted by Gasteiger charge is -2.18. The van der Waals surface area contributed by atoms with E-state index in [0.717, 1.165) is 19.4 Å². The Morgan fingerprint density at radius 2 is 1.96 bits per heavy atom. The molecule has 2 aromatic carbocycles. The van der Waals surface area contributed by atoms with Crippen LogP contribution in [0.2, 0.25) is 5.02 Å². The molecule has 0 unspecified atom stereocenters. The fourth-order valence-electron chi connectivity index (χ4n) is 2.58. The van der Waals surface area contributed by atoms with Gasteiger partial charge in [0.1, 0.15) is 0 Å². The van der Waals surface area contributed by atoms with Crippen molar-refractivity contribution in [3.8, 4) is 0 Å². The van der Waals surface area contributed by atoms with E-state index in [-0.39, 0.29) is 0 Å². The smallest absolute Gasteiger partial charge is 0.337 e. The van der Waals surface area contributed by atoms with Gasteiger partial charge in [-0.2, -0.15) is 0 Å². The molecule has 0 heterocycles. The highest BCUT2D eigenvalue weighted by Gasteiger charge is 2.11. The van der Waals surface area contributed by atoms with E-state index in [1.54, 1.807) is 18.2 Å². The van der Waals surface area contributed by atoms with E-state index in [1.165, 1.54) is 12.7 Å². The van der Waals surface area contributed by atoms with Crippen LogP contribution < -0.4 is 10.6 Å². The first-order chi connectivity index (χ1) is 12.5. The lowest BCUT2D eigenvalue weighted by molar-refractivity contribution is 0.0601. The molecule has 0 saturated heterocycles. The largest absolute Gasteiger partial charge is 0.465 e. The van der Waals surface area contributed by atoms with E-state index in [0.29, 0.717) is 27.3 Å². The van der Waals surface area contributed by atoms with Crippen LogP contribution in [-0.2, 0) is 11.2 Å². The van der Waals surface area contributed by atoms with Gasteiger partial charge in [0, 0.05) is 6.54 Å². The number of hydrogen-bond donors (Lipinski definition) is 2. The Labute approximate surface area is 164 Å². The molecule has 138 valence electrons. The molecule has 0 fully saturated rings. The van der Waals surface area contributed by atoms with Crippen LogP contribution in [0.25, 0.3) is 0 Å². The Hall–Kier alpha value is -2.11. The number of esters is 1. The molecule has 0 amide bonds. The van der Waals surface area contributed by atoms with Crippen LogP contribution in [0.1, 0.15) is 29.3 Å². The molecule has 0 saturated carbocycles. The zero-order valence-electron chi connectivity index (χ0n) is 14.9. The number of nitrogens with one attached hydrogen (secondary N) is 2. The molecule has 2 rings (SSSR count). The number of carbonyl (C=O) groups is 1. The highest BCUT2D eigenvalue weighted by Crippen LogP contribution is 2.23. The van der Waals surface area contributed by atoms with E-state index >= 15 is 0 Å². The molecule has 1 atom stereocenters. The SMILES string of the molecule is CC[C@H](CNC(=S)Nc1cc(C(=O)OC)ccc1Cl)Cc1ccccc1. The minimum absolute atomic E-state index is 0.415. The first-order valence-corrected chi connectivity index (χ1v) is 9.28. The van der Waals surface area contributed by atoms with Crippen molar-refractivity contribution in [2.24, 2.45) is 5.92 Å². The summed E-state index contributed by atoms with van der Waals surface area (Å²) in [7, 11) is 1.34. The van der Waals surface area contributed by atoms with Crippen molar-refractivity contribution < 1.29 is 9.53 Å². The average molecular weight is 391 g/mol. The molecule has 0 spiro atoms. The molecule has 0 aliphatic heterocycles. The molecule has 2 aromatic rings. The maximum atomic E-state index is 11.6. The number of anilines is 1. The third kappa shape index (κ3) is 6.00. The number of rotatable bonds is 7. The molecule has 0 radical (unpaired) electrons. The van der Waals surface area contributed by atoms with Gasteiger partial charge in [0.05, 0.1) is 23.4 Å². The van der Waals surface area contributed by atoms with Crippen LogP contribution in [-0.4, -0.2) is 24.7 Å². The monoisotopic (exact) mass is 390 g/mol. The van der Waals surface area contributed by atoms with Crippen molar-refractivity contribution in [1.82, 2.24) is 5.32 Å².